The number of ether oxygens (including phenoxy) is 1. The highest BCUT2D eigenvalue weighted by Gasteiger charge is 2.12. The van der Waals surface area contributed by atoms with Crippen molar-refractivity contribution in [1.82, 2.24) is 9.38 Å². The second kappa shape index (κ2) is 5.81. The smallest absolute Gasteiger partial charge is 0.180 e. The molecule has 0 fully saturated rings. The molecule has 0 saturated carbocycles. The van der Waals surface area contributed by atoms with Crippen molar-refractivity contribution < 1.29 is 9.84 Å². The number of aryl methyl sites for hydroxylation is 3. The van der Waals surface area contributed by atoms with E-state index in [0.29, 0.717) is 6.61 Å². The molecule has 22 heavy (non-hydrogen) atoms. The van der Waals surface area contributed by atoms with E-state index in [1.807, 2.05) is 29.7 Å². The highest BCUT2D eigenvalue weighted by molar-refractivity contribution is 5.56. The van der Waals surface area contributed by atoms with Crippen molar-refractivity contribution in [1.29, 1.82) is 0 Å². The van der Waals surface area contributed by atoms with Gasteiger partial charge in [0.25, 0.3) is 0 Å². The van der Waals surface area contributed by atoms with Crippen molar-refractivity contribution in [2.75, 3.05) is 0 Å². The Morgan fingerprint density at radius 3 is 2.50 bits per heavy atom. The minimum Gasteiger partial charge on any atom is -0.485 e. The van der Waals surface area contributed by atoms with Crippen LogP contribution < -0.4 is 4.74 Å². The standard InChI is InChI=1S/C18H20N2O2/c1-12-6-4-7-13(2)15(12)11-22-17-8-5-9-20-16(10-21)14(3)19-18(17)20/h4-9,21H,10-11H2,1-3H3. The molecule has 1 N–H and O–H groups in total. The second-order valence-electron chi connectivity index (χ2n) is 5.53. The summed E-state index contributed by atoms with van der Waals surface area (Å²) in [6.07, 6.45) is 1.90. The van der Waals surface area contributed by atoms with E-state index in [1.54, 1.807) is 0 Å². The number of benzene rings is 1. The van der Waals surface area contributed by atoms with Gasteiger partial charge in [0.15, 0.2) is 11.4 Å². The maximum atomic E-state index is 9.48. The van der Waals surface area contributed by atoms with Gasteiger partial charge in [0.05, 0.1) is 18.0 Å². The van der Waals surface area contributed by atoms with Gasteiger partial charge in [-0.25, -0.2) is 4.98 Å². The van der Waals surface area contributed by atoms with E-state index in [1.165, 1.54) is 16.7 Å². The molecule has 4 nitrogen and oxygen atoms in total. The van der Waals surface area contributed by atoms with Gasteiger partial charge in [-0.2, -0.15) is 0 Å². The molecule has 0 aliphatic heterocycles. The van der Waals surface area contributed by atoms with Gasteiger partial charge in [-0.1, -0.05) is 18.2 Å². The maximum Gasteiger partial charge on any atom is 0.180 e. The highest BCUT2D eigenvalue weighted by Crippen LogP contribution is 2.24. The first kappa shape index (κ1) is 14.6. The SMILES string of the molecule is Cc1cccc(C)c1COc1cccn2c(CO)c(C)nc12. The van der Waals surface area contributed by atoms with Crippen molar-refractivity contribution >= 4 is 5.65 Å². The lowest BCUT2D eigenvalue weighted by Gasteiger charge is -2.12. The molecule has 0 aliphatic carbocycles. The highest BCUT2D eigenvalue weighted by atomic mass is 16.5. The molecule has 0 amide bonds. The Kier molecular flexibility index (Phi) is 3.86. The largest absolute Gasteiger partial charge is 0.485 e. The van der Waals surface area contributed by atoms with Gasteiger partial charge < -0.3 is 9.84 Å². The maximum absolute atomic E-state index is 9.48. The molecule has 1 aromatic carbocycles. The van der Waals surface area contributed by atoms with Crippen molar-refractivity contribution in [3.63, 3.8) is 0 Å². The third-order valence-corrected chi connectivity index (χ3v) is 4.08. The predicted octanol–water partition coefficient (Wildman–Crippen LogP) is 3.33. The van der Waals surface area contributed by atoms with Gasteiger partial charge in [0.2, 0.25) is 0 Å². The number of aliphatic hydroxyl groups is 1. The zero-order chi connectivity index (χ0) is 15.7. The molecule has 2 aromatic heterocycles. The number of fused-ring (bicyclic) bond motifs is 1. The van der Waals surface area contributed by atoms with Gasteiger partial charge in [-0.15, -0.1) is 0 Å². The molecule has 2 heterocycles. The topological polar surface area (TPSA) is 46.8 Å². The van der Waals surface area contributed by atoms with E-state index in [0.717, 1.165) is 22.8 Å². The summed E-state index contributed by atoms with van der Waals surface area (Å²) in [4.78, 5) is 4.52. The summed E-state index contributed by atoms with van der Waals surface area (Å²) in [6.45, 7) is 6.56. The first-order chi connectivity index (χ1) is 10.6. The summed E-state index contributed by atoms with van der Waals surface area (Å²) < 4.78 is 7.90. The van der Waals surface area contributed by atoms with Crippen molar-refractivity contribution in [3.8, 4) is 5.75 Å². The van der Waals surface area contributed by atoms with Crippen LogP contribution in [0.5, 0.6) is 5.75 Å². The average Bonchev–Trinajstić information content (AvgIpc) is 2.82. The second-order valence-corrected chi connectivity index (χ2v) is 5.53. The van der Waals surface area contributed by atoms with Crippen LogP contribution in [0.25, 0.3) is 5.65 Å². The summed E-state index contributed by atoms with van der Waals surface area (Å²) in [6, 6.07) is 10.1. The van der Waals surface area contributed by atoms with Crippen molar-refractivity contribution in [2.24, 2.45) is 0 Å². The third-order valence-electron chi connectivity index (χ3n) is 4.08. The molecule has 0 spiro atoms. The van der Waals surface area contributed by atoms with Crippen molar-refractivity contribution in [2.45, 2.75) is 34.0 Å². The van der Waals surface area contributed by atoms with Crippen LogP contribution in [0.2, 0.25) is 0 Å². The summed E-state index contributed by atoms with van der Waals surface area (Å²) in [5.74, 6) is 0.730. The number of imidazole rings is 1. The molecular formula is C18H20N2O2. The zero-order valence-electron chi connectivity index (χ0n) is 13.1. The molecule has 0 unspecified atom stereocenters. The number of nitrogens with zero attached hydrogens (tertiary/aromatic N) is 2. The minimum atomic E-state index is -0.0344. The molecule has 0 aliphatic rings. The summed E-state index contributed by atoms with van der Waals surface area (Å²) in [5.41, 5.74) is 6.02. The van der Waals surface area contributed by atoms with Crippen LogP contribution in [0.4, 0.5) is 0 Å². The minimum absolute atomic E-state index is 0.0344. The Morgan fingerprint density at radius 2 is 1.82 bits per heavy atom. The van der Waals surface area contributed by atoms with Gasteiger partial charge in [-0.05, 0) is 49.6 Å². The summed E-state index contributed by atoms with van der Waals surface area (Å²) in [7, 11) is 0. The quantitative estimate of drug-likeness (QED) is 0.803. The van der Waals surface area contributed by atoms with Crippen LogP contribution in [-0.2, 0) is 13.2 Å². The van der Waals surface area contributed by atoms with E-state index in [9.17, 15) is 5.11 Å². The lowest BCUT2D eigenvalue weighted by Crippen LogP contribution is -2.02. The van der Waals surface area contributed by atoms with Crippen molar-refractivity contribution in [3.05, 3.63) is 64.6 Å². The number of aliphatic hydroxyl groups excluding tert-OH is 1. The molecule has 0 radical (unpaired) electrons. The monoisotopic (exact) mass is 296 g/mol. The Labute approximate surface area is 130 Å². The number of hydrogen-bond donors (Lipinski definition) is 1. The molecule has 114 valence electrons. The van der Waals surface area contributed by atoms with E-state index >= 15 is 0 Å². The molecular weight excluding hydrogens is 276 g/mol. The Morgan fingerprint density at radius 1 is 1.09 bits per heavy atom. The van der Waals surface area contributed by atoms with E-state index in [4.69, 9.17) is 4.74 Å². The Balaban J connectivity index is 1.95. The lowest BCUT2D eigenvalue weighted by atomic mass is 10.0. The van der Waals surface area contributed by atoms with Crippen LogP contribution in [0.3, 0.4) is 0 Å². The molecule has 3 aromatic rings. The zero-order valence-corrected chi connectivity index (χ0v) is 13.1. The van der Waals surface area contributed by atoms with Crippen LogP contribution in [-0.4, -0.2) is 14.5 Å². The molecule has 0 atom stereocenters. The lowest BCUT2D eigenvalue weighted by molar-refractivity contribution is 0.274. The van der Waals surface area contributed by atoms with E-state index in [2.05, 4.69) is 37.0 Å². The number of rotatable bonds is 4. The van der Waals surface area contributed by atoms with Gasteiger partial charge in [0.1, 0.15) is 6.61 Å². The average molecular weight is 296 g/mol. The Hall–Kier alpha value is -2.33. The molecule has 0 bridgehead atoms. The molecule has 4 heteroatoms. The third kappa shape index (κ3) is 2.46. The van der Waals surface area contributed by atoms with E-state index < -0.39 is 0 Å². The van der Waals surface area contributed by atoms with Crippen LogP contribution in [0.15, 0.2) is 36.5 Å². The van der Waals surface area contributed by atoms with Gasteiger partial charge >= 0.3 is 0 Å². The fourth-order valence-electron chi connectivity index (χ4n) is 2.73. The summed E-state index contributed by atoms with van der Waals surface area (Å²) in [5, 5.41) is 9.48. The first-order valence-electron chi connectivity index (χ1n) is 7.37. The number of hydrogen-bond acceptors (Lipinski definition) is 3. The number of aromatic nitrogens is 2. The van der Waals surface area contributed by atoms with Gasteiger partial charge in [0, 0.05) is 6.20 Å². The first-order valence-corrected chi connectivity index (χ1v) is 7.37. The predicted molar refractivity (Wildman–Crippen MR) is 86.1 cm³/mol. The van der Waals surface area contributed by atoms with E-state index in [-0.39, 0.29) is 6.61 Å². The van der Waals surface area contributed by atoms with Crippen LogP contribution in [0, 0.1) is 20.8 Å². The number of pyridine rings is 1. The fraction of sp³-hybridized carbons (Fsp3) is 0.278. The normalized spacial score (nSPS) is 11.1. The van der Waals surface area contributed by atoms with Crippen LogP contribution in [0.1, 0.15) is 28.1 Å². The fourth-order valence-corrected chi connectivity index (χ4v) is 2.73. The van der Waals surface area contributed by atoms with Crippen LogP contribution >= 0.6 is 0 Å². The Bertz CT molecular complexity index is 801. The van der Waals surface area contributed by atoms with Gasteiger partial charge in [-0.3, -0.25) is 4.40 Å². The molecule has 3 rings (SSSR count). The molecule has 0 saturated heterocycles. The summed E-state index contributed by atoms with van der Waals surface area (Å²) >= 11 is 0.